The number of nitrogens with one attached hydrogen (secondary N) is 1. The molecule has 1 amide bonds. The smallest absolute Gasteiger partial charge is 0.227 e. The lowest BCUT2D eigenvalue weighted by Crippen LogP contribution is -2.12. The maximum atomic E-state index is 12.0. The quantitative estimate of drug-likeness (QED) is 0.727. The maximum absolute atomic E-state index is 12.0. The van der Waals surface area contributed by atoms with Crippen molar-refractivity contribution in [1.82, 2.24) is 4.98 Å². The molecule has 0 atom stereocenters. The Hall–Kier alpha value is -2.62. The summed E-state index contributed by atoms with van der Waals surface area (Å²) in [6.07, 6.45) is 2.45. The summed E-state index contributed by atoms with van der Waals surface area (Å²) in [5, 5.41) is 2.98. The first-order chi connectivity index (χ1) is 11.2. The number of aromatic nitrogens is 1. The van der Waals surface area contributed by atoms with Crippen LogP contribution >= 0.6 is 0 Å². The fraction of sp³-hybridized carbons (Fsp3) is 0.263. The van der Waals surface area contributed by atoms with Gasteiger partial charge in [0.15, 0.2) is 5.58 Å². The van der Waals surface area contributed by atoms with Crippen LogP contribution in [0.1, 0.15) is 31.7 Å². The van der Waals surface area contributed by atoms with Gasteiger partial charge < -0.3 is 9.73 Å². The van der Waals surface area contributed by atoms with Crippen molar-refractivity contribution in [2.45, 2.75) is 33.1 Å². The Morgan fingerprint density at radius 3 is 2.78 bits per heavy atom. The van der Waals surface area contributed by atoms with Crippen LogP contribution in [0.5, 0.6) is 0 Å². The van der Waals surface area contributed by atoms with Crippen LogP contribution in [0.15, 0.2) is 46.9 Å². The highest BCUT2D eigenvalue weighted by Crippen LogP contribution is 2.30. The van der Waals surface area contributed by atoms with Crippen LogP contribution in [0.25, 0.3) is 22.6 Å². The molecule has 1 aromatic heterocycles. The van der Waals surface area contributed by atoms with Gasteiger partial charge in [-0.3, -0.25) is 4.79 Å². The summed E-state index contributed by atoms with van der Waals surface area (Å²) in [5.41, 5.74) is 4.27. The van der Waals surface area contributed by atoms with Gasteiger partial charge in [0.2, 0.25) is 11.8 Å². The van der Waals surface area contributed by atoms with Crippen LogP contribution in [0.3, 0.4) is 0 Å². The molecule has 4 heteroatoms. The van der Waals surface area contributed by atoms with Crippen LogP contribution < -0.4 is 5.32 Å². The lowest BCUT2D eigenvalue weighted by molar-refractivity contribution is -0.116. The minimum atomic E-state index is 0.0460. The Balaban J connectivity index is 1.91. The highest BCUT2D eigenvalue weighted by molar-refractivity contribution is 5.92. The number of unbranched alkanes of at least 4 members (excludes halogenated alkanes) is 1. The molecule has 2 aromatic carbocycles. The van der Waals surface area contributed by atoms with Gasteiger partial charge in [-0.05, 0) is 43.2 Å². The van der Waals surface area contributed by atoms with E-state index in [0.29, 0.717) is 12.3 Å². The molecule has 0 unspecified atom stereocenters. The van der Waals surface area contributed by atoms with E-state index in [2.05, 4.69) is 17.2 Å². The molecule has 0 radical (unpaired) electrons. The molecule has 118 valence electrons. The Morgan fingerprint density at radius 2 is 2.00 bits per heavy atom. The third kappa shape index (κ3) is 3.26. The number of carbonyl (C=O) groups excluding carboxylic acids is 1. The Kier molecular flexibility index (Phi) is 4.42. The SMILES string of the molecule is CCCCC(=O)Nc1cccc(-c2nc3ccccc3o2)c1C. The molecule has 0 saturated carbocycles. The number of carbonyl (C=O) groups is 1. The zero-order chi connectivity index (χ0) is 16.2. The van der Waals surface area contributed by atoms with Gasteiger partial charge >= 0.3 is 0 Å². The topological polar surface area (TPSA) is 55.1 Å². The Morgan fingerprint density at radius 1 is 1.17 bits per heavy atom. The van der Waals surface area contributed by atoms with Gasteiger partial charge in [0.25, 0.3) is 0 Å². The van der Waals surface area contributed by atoms with Gasteiger partial charge in [0.05, 0.1) is 0 Å². The number of anilines is 1. The molecular weight excluding hydrogens is 288 g/mol. The van der Waals surface area contributed by atoms with Crippen LogP contribution in [-0.4, -0.2) is 10.9 Å². The van der Waals surface area contributed by atoms with Crippen molar-refractivity contribution in [2.75, 3.05) is 5.32 Å². The van der Waals surface area contributed by atoms with Gasteiger partial charge in [-0.25, -0.2) is 4.98 Å². The minimum absolute atomic E-state index is 0.0460. The fourth-order valence-corrected chi connectivity index (χ4v) is 2.54. The molecule has 0 spiro atoms. The van der Waals surface area contributed by atoms with Crippen molar-refractivity contribution in [3.63, 3.8) is 0 Å². The van der Waals surface area contributed by atoms with Crippen LogP contribution in [0.4, 0.5) is 5.69 Å². The third-order valence-electron chi connectivity index (χ3n) is 3.89. The molecule has 0 saturated heterocycles. The Labute approximate surface area is 135 Å². The predicted molar refractivity (Wildman–Crippen MR) is 92.3 cm³/mol. The molecule has 3 aromatic rings. The van der Waals surface area contributed by atoms with E-state index in [9.17, 15) is 4.79 Å². The van der Waals surface area contributed by atoms with E-state index in [4.69, 9.17) is 4.42 Å². The third-order valence-corrected chi connectivity index (χ3v) is 3.89. The van der Waals surface area contributed by atoms with Crippen molar-refractivity contribution < 1.29 is 9.21 Å². The van der Waals surface area contributed by atoms with Crippen molar-refractivity contribution in [3.8, 4) is 11.5 Å². The number of rotatable bonds is 5. The summed E-state index contributed by atoms with van der Waals surface area (Å²) in [6.45, 7) is 4.05. The van der Waals surface area contributed by atoms with Crippen molar-refractivity contribution in [3.05, 3.63) is 48.0 Å². The van der Waals surface area contributed by atoms with Gasteiger partial charge in [-0.15, -0.1) is 0 Å². The second-order valence-electron chi connectivity index (χ2n) is 5.62. The summed E-state index contributed by atoms with van der Waals surface area (Å²) in [7, 11) is 0. The molecule has 0 fully saturated rings. The normalized spacial score (nSPS) is 10.9. The number of nitrogens with zero attached hydrogens (tertiary/aromatic N) is 1. The number of hydrogen-bond donors (Lipinski definition) is 1. The molecule has 0 aliphatic heterocycles. The average Bonchev–Trinajstić information content (AvgIpc) is 2.98. The molecule has 23 heavy (non-hydrogen) atoms. The molecule has 0 bridgehead atoms. The number of benzene rings is 2. The second kappa shape index (κ2) is 6.65. The van der Waals surface area contributed by atoms with Crippen molar-refractivity contribution in [2.24, 2.45) is 0 Å². The van der Waals surface area contributed by atoms with E-state index < -0.39 is 0 Å². The fourth-order valence-electron chi connectivity index (χ4n) is 2.54. The second-order valence-corrected chi connectivity index (χ2v) is 5.62. The maximum Gasteiger partial charge on any atom is 0.227 e. The average molecular weight is 308 g/mol. The highest BCUT2D eigenvalue weighted by Gasteiger charge is 2.13. The van der Waals surface area contributed by atoms with E-state index in [0.717, 1.165) is 40.8 Å². The molecule has 0 aliphatic carbocycles. The number of amides is 1. The Bertz CT molecular complexity index is 803. The zero-order valence-corrected chi connectivity index (χ0v) is 13.4. The lowest BCUT2D eigenvalue weighted by atomic mass is 10.1. The molecule has 3 rings (SSSR count). The molecule has 1 N–H and O–H groups in total. The zero-order valence-electron chi connectivity index (χ0n) is 13.4. The summed E-state index contributed by atoms with van der Waals surface area (Å²) in [6, 6.07) is 13.5. The summed E-state index contributed by atoms with van der Waals surface area (Å²) >= 11 is 0. The largest absolute Gasteiger partial charge is 0.436 e. The number of para-hydroxylation sites is 2. The predicted octanol–water partition coefficient (Wildman–Crippen LogP) is 4.93. The van der Waals surface area contributed by atoms with Crippen LogP contribution in [0, 0.1) is 6.92 Å². The first-order valence-corrected chi connectivity index (χ1v) is 7.94. The van der Waals surface area contributed by atoms with Crippen molar-refractivity contribution >= 4 is 22.7 Å². The standard InChI is InChI=1S/C19H20N2O2/c1-3-4-12-18(22)20-15-10-7-8-14(13(15)2)19-21-16-9-5-6-11-17(16)23-19/h5-11H,3-4,12H2,1-2H3,(H,20,22). The van der Waals surface area contributed by atoms with Crippen molar-refractivity contribution in [1.29, 1.82) is 0 Å². The van der Waals surface area contributed by atoms with Gasteiger partial charge in [-0.1, -0.05) is 31.5 Å². The van der Waals surface area contributed by atoms with Crippen LogP contribution in [-0.2, 0) is 4.79 Å². The number of oxazole rings is 1. The summed E-state index contributed by atoms with van der Waals surface area (Å²) in [5.74, 6) is 0.623. The molecular formula is C19H20N2O2. The first kappa shape index (κ1) is 15.3. The van der Waals surface area contributed by atoms with Gasteiger partial charge in [0, 0.05) is 17.7 Å². The van der Waals surface area contributed by atoms with E-state index >= 15 is 0 Å². The highest BCUT2D eigenvalue weighted by atomic mass is 16.3. The van der Waals surface area contributed by atoms with E-state index in [1.807, 2.05) is 49.4 Å². The van der Waals surface area contributed by atoms with Crippen LogP contribution in [0.2, 0.25) is 0 Å². The lowest BCUT2D eigenvalue weighted by Gasteiger charge is -2.10. The molecule has 0 aliphatic rings. The van der Waals surface area contributed by atoms with E-state index in [1.165, 1.54) is 0 Å². The first-order valence-electron chi connectivity index (χ1n) is 7.94. The number of fused-ring (bicyclic) bond motifs is 1. The molecule has 4 nitrogen and oxygen atoms in total. The van der Waals surface area contributed by atoms with Gasteiger partial charge in [0.1, 0.15) is 5.52 Å². The monoisotopic (exact) mass is 308 g/mol. The summed E-state index contributed by atoms with van der Waals surface area (Å²) in [4.78, 5) is 16.5. The van der Waals surface area contributed by atoms with E-state index in [1.54, 1.807) is 0 Å². The number of hydrogen-bond acceptors (Lipinski definition) is 3. The van der Waals surface area contributed by atoms with Gasteiger partial charge in [-0.2, -0.15) is 0 Å². The minimum Gasteiger partial charge on any atom is -0.436 e. The molecule has 1 heterocycles. The van der Waals surface area contributed by atoms with E-state index in [-0.39, 0.29) is 5.91 Å². The summed E-state index contributed by atoms with van der Waals surface area (Å²) < 4.78 is 5.84.